The number of nitrogens with zero attached hydrogens (tertiary/aromatic N) is 3. The molecule has 8 heteroatoms. The van der Waals surface area contributed by atoms with Gasteiger partial charge in [0.2, 0.25) is 0 Å². The van der Waals surface area contributed by atoms with E-state index in [0.717, 1.165) is 0 Å². The number of halogens is 1. The zero-order valence-corrected chi connectivity index (χ0v) is 12.8. The highest BCUT2D eigenvalue weighted by Crippen LogP contribution is 2.23. The zero-order valence-electron chi connectivity index (χ0n) is 11.9. The molecule has 0 atom stereocenters. The molecule has 118 valence electrons. The standard InChI is InChI=1S/C13H20FN3O3S/c1-2-9-21(19,20)17(14)11-3-4-13(15-10-11)16-7-5-12(18)6-8-16/h3-4,10,12,18H,2,5-9H2,1H3. The van der Waals surface area contributed by atoms with Gasteiger partial charge in [0.25, 0.3) is 10.0 Å². The molecule has 0 radical (unpaired) electrons. The molecule has 2 heterocycles. The number of aliphatic hydroxyl groups is 1. The number of sulfonamides is 1. The molecule has 0 amide bonds. The number of anilines is 2. The van der Waals surface area contributed by atoms with E-state index in [2.05, 4.69) is 4.98 Å². The minimum Gasteiger partial charge on any atom is -0.393 e. The lowest BCUT2D eigenvalue weighted by Gasteiger charge is -2.30. The van der Waals surface area contributed by atoms with Crippen molar-refractivity contribution in [1.29, 1.82) is 0 Å². The molecule has 0 spiro atoms. The van der Waals surface area contributed by atoms with E-state index >= 15 is 0 Å². The summed E-state index contributed by atoms with van der Waals surface area (Å²) in [5, 5.41) is 9.46. The Labute approximate surface area is 124 Å². The molecule has 0 aromatic carbocycles. The first kappa shape index (κ1) is 16.0. The van der Waals surface area contributed by atoms with Crippen LogP contribution in [-0.4, -0.2) is 43.5 Å². The Kier molecular flexibility index (Phi) is 5.00. The quantitative estimate of drug-likeness (QED) is 0.833. The van der Waals surface area contributed by atoms with Crippen LogP contribution in [-0.2, 0) is 10.0 Å². The molecule has 0 saturated carbocycles. The molecule has 1 fully saturated rings. The summed E-state index contributed by atoms with van der Waals surface area (Å²) in [5.74, 6) is 0.418. The largest absolute Gasteiger partial charge is 0.393 e. The molecule has 1 saturated heterocycles. The molecular weight excluding hydrogens is 297 g/mol. The van der Waals surface area contributed by atoms with Gasteiger partial charge in [-0.05, 0) is 31.4 Å². The van der Waals surface area contributed by atoms with Crippen molar-refractivity contribution in [2.24, 2.45) is 0 Å². The third-order valence-corrected chi connectivity index (χ3v) is 5.05. The smallest absolute Gasteiger partial charge is 0.261 e. The highest BCUT2D eigenvalue weighted by molar-refractivity contribution is 7.92. The van der Waals surface area contributed by atoms with Crippen molar-refractivity contribution in [3.8, 4) is 0 Å². The first-order valence-corrected chi connectivity index (χ1v) is 8.63. The Bertz CT molecular complexity index is 557. The van der Waals surface area contributed by atoms with Crippen LogP contribution in [0, 0.1) is 0 Å². The van der Waals surface area contributed by atoms with Gasteiger partial charge in [-0.15, -0.1) is 4.53 Å². The highest BCUT2D eigenvalue weighted by Gasteiger charge is 2.23. The van der Waals surface area contributed by atoms with Crippen molar-refractivity contribution in [1.82, 2.24) is 4.98 Å². The fourth-order valence-corrected chi connectivity index (χ4v) is 3.37. The number of pyridine rings is 1. The normalized spacial score (nSPS) is 17.0. The predicted molar refractivity (Wildman–Crippen MR) is 79.4 cm³/mol. The molecule has 0 bridgehead atoms. The Morgan fingerprint density at radius 1 is 1.43 bits per heavy atom. The number of hydrogen-bond acceptors (Lipinski definition) is 5. The zero-order chi connectivity index (χ0) is 15.5. The summed E-state index contributed by atoms with van der Waals surface area (Å²) in [7, 11) is -3.93. The minimum absolute atomic E-state index is 0.0933. The van der Waals surface area contributed by atoms with Gasteiger partial charge < -0.3 is 10.0 Å². The summed E-state index contributed by atoms with van der Waals surface area (Å²) >= 11 is 0. The summed E-state index contributed by atoms with van der Waals surface area (Å²) in [6.45, 7) is 3.04. The van der Waals surface area contributed by atoms with Gasteiger partial charge in [0.15, 0.2) is 0 Å². The molecule has 0 unspecified atom stereocenters. The van der Waals surface area contributed by atoms with Crippen molar-refractivity contribution < 1.29 is 18.0 Å². The molecule has 21 heavy (non-hydrogen) atoms. The first-order chi connectivity index (χ1) is 9.94. The second-order valence-electron chi connectivity index (χ2n) is 5.12. The van der Waals surface area contributed by atoms with Gasteiger partial charge in [0.1, 0.15) is 11.5 Å². The predicted octanol–water partition coefficient (Wildman–Crippen LogP) is 1.47. The van der Waals surface area contributed by atoms with Crippen LogP contribution in [0.1, 0.15) is 26.2 Å². The van der Waals surface area contributed by atoms with Gasteiger partial charge in [-0.3, -0.25) is 0 Å². The maximum absolute atomic E-state index is 13.9. The van der Waals surface area contributed by atoms with Crippen LogP contribution < -0.4 is 9.43 Å². The molecule has 1 N–H and O–H groups in total. The molecule has 1 aromatic rings. The SMILES string of the molecule is CCCS(=O)(=O)N(F)c1ccc(N2CCC(O)CC2)nc1. The van der Waals surface area contributed by atoms with E-state index in [0.29, 0.717) is 38.2 Å². The second-order valence-corrected chi connectivity index (χ2v) is 7.02. The van der Waals surface area contributed by atoms with E-state index in [1.807, 2.05) is 4.90 Å². The van der Waals surface area contributed by atoms with Crippen molar-refractivity contribution in [2.45, 2.75) is 32.3 Å². The number of piperidine rings is 1. The van der Waals surface area contributed by atoms with E-state index in [-0.39, 0.29) is 22.1 Å². The van der Waals surface area contributed by atoms with Gasteiger partial charge >= 0.3 is 0 Å². The number of aromatic nitrogens is 1. The molecule has 1 aromatic heterocycles. The maximum Gasteiger partial charge on any atom is 0.261 e. The number of hydrogen-bond donors (Lipinski definition) is 1. The number of aliphatic hydroxyl groups excluding tert-OH is 1. The lowest BCUT2D eigenvalue weighted by Crippen LogP contribution is -2.36. The molecule has 1 aliphatic rings. The maximum atomic E-state index is 13.9. The van der Waals surface area contributed by atoms with Crippen LogP contribution in [0.2, 0.25) is 0 Å². The van der Waals surface area contributed by atoms with Crippen LogP contribution in [0.25, 0.3) is 0 Å². The molecular formula is C13H20FN3O3S. The summed E-state index contributed by atoms with van der Waals surface area (Å²) < 4.78 is 36.9. The topological polar surface area (TPSA) is 73.7 Å². The van der Waals surface area contributed by atoms with Crippen molar-refractivity contribution in [3.63, 3.8) is 0 Å². The van der Waals surface area contributed by atoms with Crippen molar-refractivity contribution in [3.05, 3.63) is 18.3 Å². The lowest BCUT2D eigenvalue weighted by molar-refractivity contribution is 0.145. The highest BCUT2D eigenvalue weighted by atomic mass is 32.2. The van der Waals surface area contributed by atoms with Crippen LogP contribution in [0.15, 0.2) is 18.3 Å². The number of rotatable bonds is 5. The fourth-order valence-electron chi connectivity index (χ4n) is 2.26. The molecule has 2 rings (SSSR count). The molecule has 6 nitrogen and oxygen atoms in total. The van der Waals surface area contributed by atoms with Gasteiger partial charge in [0, 0.05) is 13.1 Å². The average Bonchev–Trinajstić information content (AvgIpc) is 2.47. The third-order valence-electron chi connectivity index (χ3n) is 3.43. The van der Waals surface area contributed by atoms with Gasteiger partial charge in [-0.2, -0.15) is 0 Å². The Morgan fingerprint density at radius 3 is 2.62 bits per heavy atom. The van der Waals surface area contributed by atoms with E-state index in [9.17, 15) is 18.0 Å². The Morgan fingerprint density at radius 2 is 2.10 bits per heavy atom. The van der Waals surface area contributed by atoms with E-state index in [1.165, 1.54) is 12.3 Å². The van der Waals surface area contributed by atoms with E-state index in [4.69, 9.17) is 0 Å². The Hall–Kier alpha value is -1.41. The van der Waals surface area contributed by atoms with Crippen LogP contribution in [0.4, 0.5) is 16.0 Å². The van der Waals surface area contributed by atoms with E-state index < -0.39 is 10.0 Å². The third kappa shape index (κ3) is 3.82. The first-order valence-electron chi connectivity index (χ1n) is 7.02. The van der Waals surface area contributed by atoms with E-state index in [1.54, 1.807) is 13.0 Å². The lowest BCUT2D eigenvalue weighted by atomic mass is 10.1. The second kappa shape index (κ2) is 6.57. The Balaban J connectivity index is 2.08. The van der Waals surface area contributed by atoms with Gasteiger partial charge in [-0.1, -0.05) is 11.4 Å². The summed E-state index contributed by atoms with van der Waals surface area (Å²) in [6.07, 6.45) is 2.63. The minimum atomic E-state index is -3.93. The van der Waals surface area contributed by atoms with Crippen LogP contribution in [0.3, 0.4) is 0 Å². The monoisotopic (exact) mass is 317 g/mol. The average molecular weight is 317 g/mol. The fraction of sp³-hybridized carbons (Fsp3) is 0.615. The van der Waals surface area contributed by atoms with Crippen LogP contribution >= 0.6 is 0 Å². The molecule has 0 aliphatic carbocycles. The summed E-state index contributed by atoms with van der Waals surface area (Å²) in [6, 6.07) is 3.00. The summed E-state index contributed by atoms with van der Waals surface area (Å²) in [4.78, 5) is 6.11. The van der Waals surface area contributed by atoms with Gasteiger partial charge in [-0.25, -0.2) is 13.4 Å². The molecule has 1 aliphatic heterocycles. The van der Waals surface area contributed by atoms with Gasteiger partial charge in [0.05, 0.1) is 18.1 Å². The van der Waals surface area contributed by atoms with Crippen molar-refractivity contribution in [2.75, 3.05) is 28.3 Å². The van der Waals surface area contributed by atoms with Crippen molar-refractivity contribution >= 4 is 21.5 Å². The summed E-state index contributed by atoms with van der Waals surface area (Å²) in [5.41, 5.74) is -0.0933. The van der Waals surface area contributed by atoms with Crippen LogP contribution in [0.5, 0.6) is 0 Å².